The molecule has 2 aliphatic heterocycles. The summed E-state index contributed by atoms with van der Waals surface area (Å²) in [6, 6.07) is 21.5. The lowest BCUT2D eigenvalue weighted by atomic mass is 10.1. The summed E-state index contributed by atoms with van der Waals surface area (Å²) in [5.74, 6) is 0. The van der Waals surface area contributed by atoms with Crippen molar-refractivity contribution in [3.8, 4) is 0 Å². The number of hydrogen-bond acceptors (Lipinski definition) is 3. The van der Waals surface area contributed by atoms with Gasteiger partial charge in [-0.15, -0.1) is 0 Å². The van der Waals surface area contributed by atoms with Crippen LogP contribution >= 0.6 is 11.8 Å². The van der Waals surface area contributed by atoms with Gasteiger partial charge in [0.25, 0.3) is 0 Å². The molecule has 2 aromatic rings. The van der Waals surface area contributed by atoms with Crippen LogP contribution in [0.15, 0.2) is 71.4 Å². The first kappa shape index (κ1) is 14.6. The van der Waals surface area contributed by atoms with Gasteiger partial charge in [0.05, 0.1) is 0 Å². The molecule has 0 N–H and O–H groups in total. The van der Waals surface area contributed by atoms with E-state index in [9.17, 15) is 0 Å². The highest BCUT2D eigenvalue weighted by Gasteiger charge is 2.30. The average molecular weight is 320 g/mol. The Hall–Kier alpha value is -2.00. The van der Waals surface area contributed by atoms with Gasteiger partial charge in [-0.25, -0.2) is 0 Å². The molecule has 116 valence electrons. The molecule has 4 rings (SSSR count). The van der Waals surface area contributed by atoms with Gasteiger partial charge < -0.3 is 4.90 Å². The molecule has 2 heterocycles. The number of benzene rings is 2. The molecule has 0 radical (unpaired) electrons. The van der Waals surface area contributed by atoms with Gasteiger partial charge in [0.1, 0.15) is 0 Å². The van der Waals surface area contributed by atoms with Crippen LogP contribution in [-0.2, 0) is 6.42 Å². The van der Waals surface area contributed by atoms with Crippen molar-refractivity contribution in [2.45, 2.75) is 19.3 Å². The summed E-state index contributed by atoms with van der Waals surface area (Å²) in [5.41, 5.74) is 4.08. The van der Waals surface area contributed by atoms with Crippen LogP contribution in [0.2, 0.25) is 0 Å². The molecular weight excluding hydrogens is 300 g/mol. The third-order valence-electron chi connectivity index (χ3n) is 4.30. The molecule has 0 saturated heterocycles. The van der Waals surface area contributed by atoms with E-state index in [2.05, 4.69) is 65.6 Å². The zero-order chi connectivity index (χ0) is 15.5. The first-order valence-electron chi connectivity index (χ1n) is 8.24. The summed E-state index contributed by atoms with van der Waals surface area (Å²) < 4.78 is 0. The third-order valence-corrected chi connectivity index (χ3v) is 5.51. The molecule has 23 heavy (non-hydrogen) atoms. The van der Waals surface area contributed by atoms with Crippen LogP contribution < -0.4 is 0 Å². The van der Waals surface area contributed by atoms with Crippen LogP contribution in [0.3, 0.4) is 0 Å². The van der Waals surface area contributed by atoms with Gasteiger partial charge in [0, 0.05) is 30.1 Å². The second-order valence-electron chi connectivity index (χ2n) is 5.93. The zero-order valence-electron chi connectivity index (χ0n) is 13.1. The molecule has 0 aliphatic carbocycles. The molecule has 0 saturated carbocycles. The van der Waals surface area contributed by atoms with Crippen LogP contribution in [0, 0.1) is 0 Å². The van der Waals surface area contributed by atoms with Crippen LogP contribution in [0.5, 0.6) is 0 Å². The first-order valence-corrected chi connectivity index (χ1v) is 9.06. The van der Waals surface area contributed by atoms with Crippen molar-refractivity contribution in [2.75, 3.05) is 13.1 Å². The van der Waals surface area contributed by atoms with Gasteiger partial charge in [-0.2, -0.15) is 0 Å². The van der Waals surface area contributed by atoms with Crippen molar-refractivity contribution in [1.29, 1.82) is 0 Å². The normalized spacial score (nSPS) is 17.7. The molecule has 0 amide bonds. The number of hydrogen-bond donors (Lipinski definition) is 0. The second kappa shape index (κ2) is 6.63. The molecular formula is C20H20N2S. The number of rotatable bonds is 3. The average Bonchev–Trinajstić information content (AvgIpc) is 2.79. The van der Waals surface area contributed by atoms with E-state index < -0.39 is 0 Å². The minimum atomic E-state index is 0.958. The monoisotopic (exact) mass is 320 g/mol. The Labute approximate surface area is 141 Å². The summed E-state index contributed by atoms with van der Waals surface area (Å²) in [6.45, 7) is 2.05. The maximum atomic E-state index is 4.82. The van der Waals surface area contributed by atoms with E-state index >= 15 is 0 Å². The molecule has 0 atom stereocenters. The summed E-state index contributed by atoms with van der Waals surface area (Å²) in [5, 5.41) is 1.19. The van der Waals surface area contributed by atoms with Crippen molar-refractivity contribution in [2.24, 2.45) is 4.99 Å². The number of amidine groups is 1. The fourth-order valence-electron chi connectivity index (χ4n) is 3.13. The van der Waals surface area contributed by atoms with Crippen molar-refractivity contribution in [1.82, 2.24) is 4.90 Å². The van der Waals surface area contributed by atoms with E-state index in [0.29, 0.717) is 0 Å². The first-order chi connectivity index (χ1) is 11.4. The number of aliphatic imine (C=N–C) groups is 1. The summed E-state index contributed by atoms with van der Waals surface area (Å²) in [7, 11) is 0. The standard InChI is InChI=1S/C20H20N2S/c1-3-9-16(10-4-1)15-18-19(17-11-5-2-6-12-17)23-20-21-13-7-8-14-22(18)20/h1-6,9-12H,7-8,13-15H2. The van der Waals surface area contributed by atoms with Crippen LogP contribution in [-0.4, -0.2) is 23.2 Å². The Morgan fingerprint density at radius 1 is 0.913 bits per heavy atom. The Balaban J connectivity index is 1.76. The minimum Gasteiger partial charge on any atom is -0.323 e. The maximum absolute atomic E-state index is 4.82. The smallest absolute Gasteiger partial charge is 0.168 e. The molecule has 0 spiro atoms. The summed E-state index contributed by atoms with van der Waals surface area (Å²) in [6.07, 6.45) is 3.38. The summed E-state index contributed by atoms with van der Waals surface area (Å²) >= 11 is 1.84. The fraction of sp³-hybridized carbons (Fsp3) is 0.250. The van der Waals surface area contributed by atoms with Gasteiger partial charge in [0.2, 0.25) is 0 Å². The van der Waals surface area contributed by atoms with Crippen LogP contribution in [0.1, 0.15) is 24.0 Å². The van der Waals surface area contributed by atoms with E-state index in [1.807, 2.05) is 11.8 Å². The molecule has 2 nitrogen and oxygen atoms in total. The highest BCUT2D eigenvalue weighted by Crippen LogP contribution is 2.43. The van der Waals surface area contributed by atoms with Gasteiger partial charge >= 0.3 is 0 Å². The second-order valence-corrected chi connectivity index (χ2v) is 6.91. The van der Waals surface area contributed by atoms with E-state index in [0.717, 1.165) is 19.5 Å². The lowest BCUT2D eigenvalue weighted by Gasteiger charge is -2.21. The molecule has 0 aromatic heterocycles. The van der Waals surface area contributed by atoms with Crippen molar-refractivity contribution in [3.05, 3.63) is 77.5 Å². The predicted molar refractivity (Wildman–Crippen MR) is 99.3 cm³/mol. The van der Waals surface area contributed by atoms with Gasteiger partial charge in [0.15, 0.2) is 5.17 Å². The maximum Gasteiger partial charge on any atom is 0.168 e. The SMILES string of the molecule is c1ccc(CC2=C(c3ccccc3)SC3=NCCCCN32)cc1. The Morgan fingerprint density at radius 3 is 2.43 bits per heavy atom. The topological polar surface area (TPSA) is 15.6 Å². The number of fused-ring (bicyclic) bond motifs is 1. The highest BCUT2D eigenvalue weighted by atomic mass is 32.2. The largest absolute Gasteiger partial charge is 0.323 e. The molecule has 0 fully saturated rings. The molecule has 0 bridgehead atoms. The number of nitrogens with zero attached hydrogens (tertiary/aromatic N) is 2. The number of thioether (sulfide) groups is 1. The van der Waals surface area contributed by atoms with Crippen molar-refractivity contribution < 1.29 is 0 Å². The lowest BCUT2D eigenvalue weighted by molar-refractivity contribution is 0.505. The van der Waals surface area contributed by atoms with E-state index in [-0.39, 0.29) is 0 Å². The van der Waals surface area contributed by atoms with Crippen molar-refractivity contribution >= 4 is 21.8 Å². The van der Waals surface area contributed by atoms with E-state index in [4.69, 9.17) is 4.99 Å². The van der Waals surface area contributed by atoms with Gasteiger partial charge in [-0.3, -0.25) is 4.99 Å². The lowest BCUT2D eigenvalue weighted by Crippen LogP contribution is -2.25. The van der Waals surface area contributed by atoms with Gasteiger partial charge in [-0.05, 0) is 35.7 Å². The minimum absolute atomic E-state index is 0.958. The Morgan fingerprint density at radius 2 is 1.65 bits per heavy atom. The third kappa shape index (κ3) is 3.06. The fourth-order valence-corrected chi connectivity index (χ4v) is 4.33. The zero-order valence-corrected chi connectivity index (χ0v) is 13.9. The Kier molecular flexibility index (Phi) is 4.20. The molecule has 0 unspecified atom stereocenters. The van der Waals surface area contributed by atoms with E-state index in [1.54, 1.807) is 0 Å². The van der Waals surface area contributed by atoms with E-state index in [1.165, 1.54) is 39.7 Å². The van der Waals surface area contributed by atoms with Crippen LogP contribution in [0.25, 0.3) is 4.91 Å². The number of allylic oxidation sites excluding steroid dienone is 1. The quantitative estimate of drug-likeness (QED) is 0.807. The predicted octanol–water partition coefficient (Wildman–Crippen LogP) is 4.80. The molecule has 3 heteroatoms. The van der Waals surface area contributed by atoms with Crippen molar-refractivity contribution in [3.63, 3.8) is 0 Å². The molecule has 2 aliphatic rings. The van der Waals surface area contributed by atoms with Crippen LogP contribution in [0.4, 0.5) is 0 Å². The van der Waals surface area contributed by atoms with Gasteiger partial charge in [-0.1, -0.05) is 60.7 Å². The summed E-state index contributed by atoms with van der Waals surface area (Å²) in [4.78, 5) is 8.64. The Bertz CT molecular complexity index is 735. The highest BCUT2D eigenvalue weighted by molar-refractivity contribution is 8.22. The molecule has 2 aromatic carbocycles.